The van der Waals surface area contributed by atoms with Gasteiger partial charge in [0.25, 0.3) is 5.91 Å². The first-order chi connectivity index (χ1) is 11.5. The van der Waals surface area contributed by atoms with Gasteiger partial charge in [0.05, 0.1) is 18.2 Å². The predicted molar refractivity (Wildman–Crippen MR) is 93.5 cm³/mol. The summed E-state index contributed by atoms with van der Waals surface area (Å²) >= 11 is 0. The highest BCUT2D eigenvalue weighted by atomic mass is 16.5. The lowest BCUT2D eigenvalue weighted by atomic mass is 10.1. The molecule has 0 aliphatic rings. The molecule has 0 fully saturated rings. The van der Waals surface area contributed by atoms with E-state index in [0.717, 1.165) is 22.2 Å². The van der Waals surface area contributed by atoms with E-state index in [1.54, 1.807) is 24.3 Å². The van der Waals surface area contributed by atoms with Crippen LogP contribution in [0.5, 0.6) is 0 Å². The van der Waals surface area contributed by atoms with Gasteiger partial charge in [0, 0.05) is 22.3 Å². The molecule has 5 heteroatoms. The van der Waals surface area contributed by atoms with Gasteiger partial charge >= 0.3 is 5.97 Å². The van der Waals surface area contributed by atoms with E-state index in [1.165, 1.54) is 7.11 Å². The number of aromatic nitrogens is 1. The van der Waals surface area contributed by atoms with Crippen LogP contribution in [-0.4, -0.2) is 24.0 Å². The Hall–Kier alpha value is -3.08. The number of carbonyl (C=O) groups excluding carboxylic acids is 2. The number of amides is 1. The molecule has 1 amide bonds. The van der Waals surface area contributed by atoms with Crippen molar-refractivity contribution >= 4 is 28.5 Å². The fourth-order valence-corrected chi connectivity index (χ4v) is 2.74. The second-order valence-corrected chi connectivity index (χ2v) is 5.70. The van der Waals surface area contributed by atoms with E-state index in [1.807, 2.05) is 32.0 Å². The number of esters is 1. The maximum atomic E-state index is 12.6. The highest BCUT2D eigenvalue weighted by Gasteiger charge is 2.16. The predicted octanol–water partition coefficient (Wildman–Crippen LogP) is 3.82. The van der Waals surface area contributed by atoms with Crippen molar-refractivity contribution in [3.63, 3.8) is 0 Å². The number of aromatic amines is 1. The number of anilines is 1. The normalized spacial score (nSPS) is 10.6. The van der Waals surface area contributed by atoms with E-state index in [9.17, 15) is 9.59 Å². The lowest BCUT2D eigenvalue weighted by Gasteiger charge is -2.06. The topological polar surface area (TPSA) is 71.2 Å². The summed E-state index contributed by atoms with van der Waals surface area (Å²) < 4.78 is 4.66. The first kappa shape index (κ1) is 15.8. The number of benzene rings is 2. The Bertz CT molecular complexity index is 924. The molecular formula is C19H18N2O3. The zero-order valence-corrected chi connectivity index (χ0v) is 13.8. The summed E-state index contributed by atoms with van der Waals surface area (Å²) in [5, 5.41) is 3.76. The molecule has 0 atom stereocenters. The molecule has 1 heterocycles. The maximum absolute atomic E-state index is 12.6. The number of aryl methyl sites for hydroxylation is 2. The first-order valence-electron chi connectivity index (χ1n) is 7.58. The number of nitrogens with one attached hydrogen (secondary N) is 2. The van der Waals surface area contributed by atoms with Gasteiger partial charge in [0.1, 0.15) is 0 Å². The Labute approximate surface area is 139 Å². The van der Waals surface area contributed by atoms with Crippen LogP contribution < -0.4 is 5.32 Å². The Morgan fingerprint density at radius 3 is 2.42 bits per heavy atom. The standard InChI is InChI=1S/C19H18N2O3/c1-11-4-9-15-16(10-11)20-12(2)17(15)18(22)21-14-7-5-13(6-8-14)19(23)24-3/h4-10,20H,1-3H3,(H,21,22). The molecule has 5 nitrogen and oxygen atoms in total. The molecule has 2 aromatic carbocycles. The number of ether oxygens (including phenoxy) is 1. The van der Waals surface area contributed by atoms with Crippen LogP contribution in [0.4, 0.5) is 5.69 Å². The molecule has 0 saturated carbocycles. The van der Waals surface area contributed by atoms with Crippen molar-refractivity contribution in [1.29, 1.82) is 0 Å². The van der Waals surface area contributed by atoms with Crippen LogP contribution in [0.2, 0.25) is 0 Å². The number of methoxy groups -OCH3 is 1. The highest BCUT2D eigenvalue weighted by molar-refractivity contribution is 6.14. The number of fused-ring (bicyclic) bond motifs is 1. The molecule has 0 spiro atoms. The molecule has 3 rings (SSSR count). The van der Waals surface area contributed by atoms with Crippen molar-refractivity contribution < 1.29 is 14.3 Å². The van der Waals surface area contributed by atoms with Crippen molar-refractivity contribution in [2.45, 2.75) is 13.8 Å². The van der Waals surface area contributed by atoms with Gasteiger partial charge in [-0.3, -0.25) is 4.79 Å². The van der Waals surface area contributed by atoms with Crippen LogP contribution in [0, 0.1) is 13.8 Å². The molecule has 122 valence electrons. The van der Waals surface area contributed by atoms with Gasteiger partial charge in [-0.15, -0.1) is 0 Å². The monoisotopic (exact) mass is 322 g/mol. The Kier molecular flexibility index (Phi) is 4.08. The molecule has 0 saturated heterocycles. The zero-order valence-electron chi connectivity index (χ0n) is 13.8. The van der Waals surface area contributed by atoms with Crippen LogP contribution >= 0.6 is 0 Å². The molecule has 0 unspecified atom stereocenters. The average Bonchev–Trinajstić information content (AvgIpc) is 2.89. The van der Waals surface area contributed by atoms with E-state index in [0.29, 0.717) is 16.8 Å². The quantitative estimate of drug-likeness (QED) is 0.720. The number of H-pyrrole nitrogens is 1. The van der Waals surface area contributed by atoms with E-state index in [-0.39, 0.29) is 5.91 Å². The number of carbonyl (C=O) groups is 2. The molecule has 0 radical (unpaired) electrons. The summed E-state index contributed by atoms with van der Waals surface area (Å²) in [5.74, 6) is -0.593. The van der Waals surface area contributed by atoms with Crippen molar-refractivity contribution in [2.75, 3.05) is 12.4 Å². The number of rotatable bonds is 3. The minimum Gasteiger partial charge on any atom is -0.465 e. The van der Waals surface area contributed by atoms with Crippen LogP contribution in [-0.2, 0) is 4.74 Å². The molecule has 0 aliphatic carbocycles. The van der Waals surface area contributed by atoms with E-state index >= 15 is 0 Å². The minimum atomic E-state index is -0.407. The lowest BCUT2D eigenvalue weighted by molar-refractivity contribution is 0.0600. The van der Waals surface area contributed by atoms with Crippen molar-refractivity contribution in [3.8, 4) is 0 Å². The van der Waals surface area contributed by atoms with E-state index in [4.69, 9.17) is 0 Å². The van der Waals surface area contributed by atoms with Gasteiger partial charge in [0.15, 0.2) is 0 Å². The van der Waals surface area contributed by atoms with Crippen LogP contribution in [0.15, 0.2) is 42.5 Å². The van der Waals surface area contributed by atoms with Gasteiger partial charge in [0.2, 0.25) is 0 Å². The molecular weight excluding hydrogens is 304 g/mol. The fraction of sp³-hybridized carbons (Fsp3) is 0.158. The largest absolute Gasteiger partial charge is 0.465 e. The van der Waals surface area contributed by atoms with Crippen molar-refractivity contribution in [1.82, 2.24) is 4.98 Å². The van der Waals surface area contributed by atoms with Gasteiger partial charge in [-0.25, -0.2) is 4.79 Å². The van der Waals surface area contributed by atoms with E-state index < -0.39 is 5.97 Å². The molecule has 0 aliphatic heterocycles. The second-order valence-electron chi connectivity index (χ2n) is 5.70. The summed E-state index contributed by atoms with van der Waals surface area (Å²) in [4.78, 5) is 27.3. The highest BCUT2D eigenvalue weighted by Crippen LogP contribution is 2.24. The lowest BCUT2D eigenvalue weighted by Crippen LogP contribution is -2.13. The Balaban J connectivity index is 1.87. The molecule has 24 heavy (non-hydrogen) atoms. The van der Waals surface area contributed by atoms with Gasteiger partial charge in [-0.05, 0) is 49.7 Å². The number of hydrogen-bond acceptors (Lipinski definition) is 3. The van der Waals surface area contributed by atoms with Crippen LogP contribution in [0.25, 0.3) is 10.9 Å². The summed E-state index contributed by atoms with van der Waals surface area (Å²) in [7, 11) is 1.33. The summed E-state index contributed by atoms with van der Waals surface area (Å²) in [6.07, 6.45) is 0. The fourth-order valence-electron chi connectivity index (χ4n) is 2.74. The van der Waals surface area contributed by atoms with Crippen molar-refractivity contribution in [2.24, 2.45) is 0 Å². The van der Waals surface area contributed by atoms with Gasteiger partial charge < -0.3 is 15.0 Å². The summed E-state index contributed by atoms with van der Waals surface area (Å²) in [6, 6.07) is 12.5. The maximum Gasteiger partial charge on any atom is 0.337 e. The van der Waals surface area contributed by atoms with Gasteiger partial charge in [-0.2, -0.15) is 0 Å². The average molecular weight is 322 g/mol. The molecule has 1 aromatic heterocycles. The summed E-state index contributed by atoms with van der Waals surface area (Å²) in [5.41, 5.74) is 4.58. The molecule has 0 bridgehead atoms. The van der Waals surface area contributed by atoms with Crippen LogP contribution in [0.3, 0.4) is 0 Å². The van der Waals surface area contributed by atoms with Crippen LogP contribution in [0.1, 0.15) is 32.0 Å². The SMILES string of the molecule is COC(=O)c1ccc(NC(=O)c2c(C)[nH]c3cc(C)ccc23)cc1. The second kappa shape index (κ2) is 6.20. The third kappa shape index (κ3) is 2.88. The molecule has 3 aromatic rings. The minimum absolute atomic E-state index is 0.187. The summed E-state index contributed by atoms with van der Waals surface area (Å²) in [6.45, 7) is 3.89. The van der Waals surface area contributed by atoms with Crippen molar-refractivity contribution in [3.05, 3.63) is 64.8 Å². The Morgan fingerprint density at radius 2 is 1.75 bits per heavy atom. The molecule has 2 N–H and O–H groups in total. The first-order valence-corrected chi connectivity index (χ1v) is 7.58. The van der Waals surface area contributed by atoms with E-state index in [2.05, 4.69) is 15.0 Å². The third-order valence-corrected chi connectivity index (χ3v) is 3.93. The van der Waals surface area contributed by atoms with Gasteiger partial charge in [-0.1, -0.05) is 12.1 Å². The Morgan fingerprint density at radius 1 is 1.04 bits per heavy atom. The third-order valence-electron chi connectivity index (χ3n) is 3.93. The smallest absolute Gasteiger partial charge is 0.337 e. The zero-order chi connectivity index (χ0) is 17.3. The number of hydrogen-bond donors (Lipinski definition) is 2.